The number of benzene rings is 1. The van der Waals surface area contributed by atoms with Crippen LogP contribution in [0.3, 0.4) is 0 Å². The Labute approximate surface area is 118 Å². The van der Waals surface area contributed by atoms with Gasteiger partial charge in [-0.25, -0.2) is 0 Å². The lowest BCUT2D eigenvalue weighted by molar-refractivity contribution is 0.0686. The average Bonchev–Trinajstić information content (AvgIpc) is 2.30. The Bertz CT molecular complexity index is 423. The Kier molecular flexibility index (Phi) is 4.32. The van der Waals surface area contributed by atoms with Crippen LogP contribution in [0.2, 0.25) is 0 Å². The first-order valence-electron chi connectivity index (χ1n) is 7.46. The van der Waals surface area contributed by atoms with Gasteiger partial charge in [-0.05, 0) is 49.8 Å². The van der Waals surface area contributed by atoms with E-state index in [-0.39, 0.29) is 6.04 Å². The fraction of sp³-hybridized carbons (Fsp3) is 0.647. The summed E-state index contributed by atoms with van der Waals surface area (Å²) in [6.45, 7) is 11.4. The molecule has 19 heavy (non-hydrogen) atoms. The predicted molar refractivity (Wildman–Crippen MR) is 82.2 cm³/mol. The van der Waals surface area contributed by atoms with E-state index in [0.29, 0.717) is 11.5 Å². The van der Waals surface area contributed by atoms with Gasteiger partial charge in [-0.3, -0.25) is 4.90 Å². The van der Waals surface area contributed by atoms with Crippen molar-refractivity contribution >= 4 is 0 Å². The van der Waals surface area contributed by atoms with E-state index in [4.69, 9.17) is 5.73 Å². The van der Waals surface area contributed by atoms with Crippen LogP contribution < -0.4 is 5.73 Å². The standard InChI is InChI=1S/C17H28N2/c1-13-8-5-6-9-15(13)16(14(2)18)19-11-7-10-17(3,4)12-19/h5-6,8-9,14,16H,7,10-12,18H2,1-4H3. The molecule has 2 nitrogen and oxygen atoms in total. The summed E-state index contributed by atoms with van der Waals surface area (Å²) in [6.07, 6.45) is 2.60. The van der Waals surface area contributed by atoms with Crippen molar-refractivity contribution in [1.29, 1.82) is 0 Å². The maximum absolute atomic E-state index is 6.32. The minimum atomic E-state index is 0.162. The minimum absolute atomic E-state index is 0.162. The molecule has 0 aromatic heterocycles. The van der Waals surface area contributed by atoms with Gasteiger partial charge in [0.05, 0.1) is 0 Å². The normalized spacial score (nSPS) is 23.0. The number of rotatable bonds is 3. The van der Waals surface area contributed by atoms with Gasteiger partial charge in [0, 0.05) is 18.6 Å². The van der Waals surface area contributed by atoms with Crippen molar-refractivity contribution in [3.63, 3.8) is 0 Å². The van der Waals surface area contributed by atoms with Crippen LogP contribution in [0.4, 0.5) is 0 Å². The van der Waals surface area contributed by atoms with Gasteiger partial charge >= 0.3 is 0 Å². The molecule has 0 spiro atoms. The quantitative estimate of drug-likeness (QED) is 0.901. The summed E-state index contributed by atoms with van der Waals surface area (Å²) in [4.78, 5) is 2.59. The third-order valence-corrected chi connectivity index (χ3v) is 4.33. The summed E-state index contributed by atoms with van der Waals surface area (Å²) in [7, 11) is 0. The molecule has 2 heteroatoms. The maximum atomic E-state index is 6.32. The molecule has 0 amide bonds. The highest BCUT2D eigenvalue weighted by atomic mass is 15.2. The van der Waals surface area contributed by atoms with Crippen LogP contribution in [0.1, 0.15) is 50.8 Å². The molecule has 1 aromatic rings. The van der Waals surface area contributed by atoms with E-state index < -0.39 is 0 Å². The van der Waals surface area contributed by atoms with Crippen molar-refractivity contribution in [2.45, 2.75) is 52.6 Å². The summed E-state index contributed by atoms with van der Waals surface area (Å²) in [6, 6.07) is 9.19. The zero-order valence-electron chi connectivity index (χ0n) is 12.8. The van der Waals surface area contributed by atoms with Crippen LogP contribution in [-0.2, 0) is 0 Å². The fourth-order valence-electron chi connectivity index (χ4n) is 3.44. The van der Waals surface area contributed by atoms with Gasteiger partial charge in [0.1, 0.15) is 0 Å². The van der Waals surface area contributed by atoms with Gasteiger partial charge in [-0.15, -0.1) is 0 Å². The molecule has 106 valence electrons. The minimum Gasteiger partial charge on any atom is -0.326 e. The average molecular weight is 260 g/mol. The van der Waals surface area contributed by atoms with Crippen molar-refractivity contribution in [2.24, 2.45) is 11.1 Å². The second-order valence-corrected chi connectivity index (χ2v) is 6.90. The highest BCUT2D eigenvalue weighted by Crippen LogP contribution is 2.35. The molecule has 2 N–H and O–H groups in total. The molecule has 1 heterocycles. The summed E-state index contributed by atoms with van der Waals surface area (Å²) in [5.41, 5.74) is 9.48. The van der Waals surface area contributed by atoms with Gasteiger partial charge in [0.15, 0.2) is 0 Å². The SMILES string of the molecule is Cc1ccccc1C(C(C)N)N1CCCC(C)(C)C1. The number of aryl methyl sites for hydroxylation is 1. The first-order valence-corrected chi connectivity index (χ1v) is 7.46. The van der Waals surface area contributed by atoms with E-state index in [0.717, 1.165) is 6.54 Å². The lowest BCUT2D eigenvalue weighted by atomic mass is 9.82. The van der Waals surface area contributed by atoms with Crippen molar-refractivity contribution in [2.75, 3.05) is 13.1 Å². The van der Waals surface area contributed by atoms with Crippen LogP contribution in [0.5, 0.6) is 0 Å². The Morgan fingerprint density at radius 2 is 1.95 bits per heavy atom. The van der Waals surface area contributed by atoms with Crippen molar-refractivity contribution < 1.29 is 0 Å². The van der Waals surface area contributed by atoms with Crippen molar-refractivity contribution in [1.82, 2.24) is 4.90 Å². The number of piperidine rings is 1. The van der Waals surface area contributed by atoms with Crippen LogP contribution in [0.25, 0.3) is 0 Å². The maximum Gasteiger partial charge on any atom is 0.0499 e. The van der Waals surface area contributed by atoms with E-state index in [1.54, 1.807) is 0 Å². The van der Waals surface area contributed by atoms with E-state index in [2.05, 4.69) is 56.9 Å². The zero-order chi connectivity index (χ0) is 14.0. The second kappa shape index (κ2) is 5.64. The van der Waals surface area contributed by atoms with E-state index in [1.165, 1.54) is 30.5 Å². The van der Waals surface area contributed by atoms with Gasteiger partial charge in [-0.1, -0.05) is 38.1 Å². The topological polar surface area (TPSA) is 29.3 Å². The third kappa shape index (κ3) is 3.37. The molecule has 2 rings (SSSR count). The van der Waals surface area contributed by atoms with Crippen LogP contribution in [0.15, 0.2) is 24.3 Å². The van der Waals surface area contributed by atoms with Crippen LogP contribution >= 0.6 is 0 Å². The van der Waals surface area contributed by atoms with Gasteiger partial charge in [-0.2, -0.15) is 0 Å². The van der Waals surface area contributed by atoms with E-state index in [1.807, 2.05) is 0 Å². The molecule has 0 radical (unpaired) electrons. The molecular weight excluding hydrogens is 232 g/mol. The van der Waals surface area contributed by atoms with Crippen molar-refractivity contribution in [3.8, 4) is 0 Å². The molecule has 1 saturated heterocycles. The highest BCUT2D eigenvalue weighted by molar-refractivity contribution is 5.30. The van der Waals surface area contributed by atoms with Gasteiger partial charge in [0.2, 0.25) is 0 Å². The summed E-state index contributed by atoms with van der Waals surface area (Å²) in [5, 5.41) is 0. The van der Waals surface area contributed by atoms with Gasteiger partial charge < -0.3 is 5.73 Å². The largest absolute Gasteiger partial charge is 0.326 e. The monoisotopic (exact) mass is 260 g/mol. The molecule has 1 fully saturated rings. The third-order valence-electron chi connectivity index (χ3n) is 4.33. The molecule has 0 saturated carbocycles. The van der Waals surface area contributed by atoms with E-state index >= 15 is 0 Å². The Morgan fingerprint density at radius 1 is 1.26 bits per heavy atom. The van der Waals surface area contributed by atoms with E-state index in [9.17, 15) is 0 Å². The number of hydrogen-bond donors (Lipinski definition) is 1. The predicted octanol–water partition coefficient (Wildman–Crippen LogP) is 3.51. The molecule has 1 aliphatic heterocycles. The number of nitrogens with zero attached hydrogens (tertiary/aromatic N) is 1. The Balaban J connectivity index is 2.28. The van der Waals surface area contributed by atoms with Crippen LogP contribution in [0, 0.1) is 12.3 Å². The number of nitrogens with two attached hydrogens (primary N) is 1. The molecule has 0 aliphatic carbocycles. The lowest BCUT2D eigenvalue weighted by Crippen LogP contribution is -2.47. The Morgan fingerprint density at radius 3 is 2.53 bits per heavy atom. The second-order valence-electron chi connectivity index (χ2n) is 6.90. The summed E-state index contributed by atoms with van der Waals surface area (Å²) < 4.78 is 0. The first-order chi connectivity index (χ1) is 8.91. The molecular formula is C17H28N2. The van der Waals surface area contributed by atoms with Crippen LogP contribution in [-0.4, -0.2) is 24.0 Å². The van der Waals surface area contributed by atoms with Gasteiger partial charge in [0.25, 0.3) is 0 Å². The number of hydrogen-bond acceptors (Lipinski definition) is 2. The molecule has 0 bridgehead atoms. The summed E-state index contributed by atoms with van der Waals surface area (Å²) >= 11 is 0. The molecule has 1 aliphatic rings. The fourth-order valence-corrected chi connectivity index (χ4v) is 3.44. The highest BCUT2D eigenvalue weighted by Gasteiger charge is 2.33. The lowest BCUT2D eigenvalue weighted by Gasteiger charge is -2.44. The Hall–Kier alpha value is -0.860. The van der Waals surface area contributed by atoms with Crippen molar-refractivity contribution in [3.05, 3.63) is 35.4 Å². The zero-order valence-corrected chi connectivity index (χ0v) is 12.8. The molecule has 2 unspecified atom stereocenters. The molecule has 2 atom stereocenters. The summed E-state index contributed by atoms with van der Waals surface area (Å²) in [5.74, 6) is 0. The molecule has 1 aromatic carbocycles. The number of likely N-dealkylation sites (tertiary alicyclic amines) is 1. The smallest absolute Gasteiger partial charge is 0.0499 e. The first kappa shape index (κ1) is 14.5.